The van der Waals surface area contributed by atoms with E-state index in [-0.39, 0.29) is 21.7 Å². The van der Waals surface area contributed by atoms with E-state index in [0.717, 1.165) is 22.7 Å². The minimum Gasteiger partial charge on any atom is -0.354 e. The molecule has 0 aliphatic heterocycles. The molecule has 3 aromatic rings. The zero-order chi connectivity index (χ0) is 18.5. The Hall–Kier alpha value is -3.35. The zero-order valence-electron chi connectivity index (χ0n) is 13.3. The summed E-state index contributed by atoms with van der Waals surface area (Å²) in [6.45, 7) is 0. The first-order valence-electron chi connectivity index (χ1n) is 7.54. The molecule has 0 unspecified atom stereocenters. The Morgan fingerprint density at radius 2 is 1.65 bits per heavy atom. The van der Waals surface area contributed by atoms with Crippen molar-refractivity contribution in [3.8, 4) is 12.1 Å². The zero-order valence-corrected chi connectivity index (χ0v) is 14.1. The molecule has 0 saturated heterocycles. The summed E-state index contributed by atoms with van der Waals surface area (Å²) in [6, 6.07) is 20.2. The van der Waals surface area contributed by atoms with Crippen LogP contribution in [0.15, 0.2) is 70.5 Å². The van der Waals surface area contributed by atoms with E-state index in [9.17, 15) is 14.0 Å². The molecule has 6 heteroatoms. The highest BCUT2D eigenvalue weighted by Gasteiger charge is 2.14. The van der Waals surface area contributed by atoms with Gasteiger partial charge in [-0.3, -0.25) is 0 Å². The Labute approximate surface area is 153 Å². The Kier molecular flexibility index (Phi) is 5.17. The third-order valence-electron chi connectivity index (χ3n) is 3.54. The molecule has 0 aromatic heterocycles. The van der Waals surface area contributed by atoms with Crippen LogP contribution in [0.2, 0.25) is 0 Å². The van der Waals surface area contributed by atoms with Crippen LogP contribution in [0.3, 0.4) is 0 Å². The quantitative estimate of drug-likeness (QED) is 0.655. The van der Waals surface area contributed by atoms with Crippen LogP contribution >= 0.6 is 11.8 Å². The van der Waals surface area contributed by atoms with Gasteiger partial charge >= 0.3 is 0 Å². The third kappa shape index (κ3) is 3.66. The number of nitriles is 2. The number of halogens is 2. The van der Waals surface area contributed by atoms with E-state index in [2.05, 4.69) is 5.32 Å². The molecule has 0 aliphatic rings. The molecule has 0 radical (unpaired) electrons. The first kappa shape index (κ1) is 17.5. The van der Waals surface area contributed by atoms with Crippen molar-refractivity contribution in [1.29, 1.82) is 10.5 Å². The van der Waals surface area contributed by atoms with Gasteiger partial charge in [0.15, 0.2) is 11.6 Å². The maximum absolute atomic E-state index is 14.2. The summed E-state index contributed by atoms with van der Waals surface area (Å²) in [6.07, 6.45) is 0. The van der Waals surface area contributed by atoms with Gasteiger partial charge in [-0.15, -0.1) is 0 Å². The molecular weight excluding hydrogens is 352 g/mol. The summed E-state index contributed by atoms with van der Waals surface area (Å²) in [7, 11) is 0. The Bertz CT molecular complexity index is 1040. The highest BCUT2D eigenvalue weighted by Crippen LogP contribution is 2.34. The van der Waals surface area contributed by atoms with Crippen molar-refractivity contribution in [1.82, 2.24) is 0 Å². The Morgan fingerprint density at radius 1 is 0.885 bits per heavy atom. The lowest BCUT2D eigenvalue weighted by molar-refractivity contribution is 0.492. The molecule has 126 valence electrons. The second-order valence-electron chi connectivity index (χ2n) is 5.26. The lowest BCUT2D eigenvalue weighted by Gasteiger charge is -2.12. The normalized spacial score (nSPS) is 10.0. The fourth-order valence-electron chi connectivity index (χ4n) is 2.35. The second-order valence-corrected chi connectivity index (χ2v) is 6.38. The Balaban J connectivity index is 1.98. The summed E-state index contributed by atoms with van der Waals surface area (Å²) < 4.78 is 28.2. The molecule has 0 heterocycles. The molecule has 0 spiro atoms. The van der Waals surface area contributed by atoms with Gasteiger partial charge in [-0.2, -0.15) is 10.5 Å². The number of hydrogen-bond acceptors (Lipinski definition) is 4. The van der Waals surface area contributed by atoms with Gasteiger partial charge in [0.25, 0.3) is 0 Å². The summed E-state index contributed by atoms with van der Waals surface area (Å²) in [5, 5.41) is 21.3. The highest BCUT2D eigenvalue weighted by molar-refractivity contribution is 7.99. The van der Waals surface area contributed by atoms with Gasteiger partial charge in [0.05, 0.1) is 21.7 Å². The van der Waals surface area contributed by atoms with Crippen molar-refractivity contribution in [3.05, 3.63) is 83.4 Å². The minimum absolute atomic E-state index is 0.119. The van der Waals surface area contributed by atoms with Crippen molar-refractivity contribution < 1.29 is 8.78 Å². The van der Waals surface area contributed by atoms with E-state index in [4.69, 9.17) is 5.26 Å². The minimum atomic E-state index is -0.997. The standard InChI is InChI=1S/C20H11F2N3S/c21-17-9-14(25-18-8-4-5-13(11-23)16(18)12-24)10-19(20(17)22)26-15-6-2-1-3-7-15/h1-10,25H. The molecule has 3 aromatic carbocycles. The lowest BCUT2D eigenvalue weighted by Crippen LogP contribution is -1.98. The van der Waals surface area contributed by atoms with Gasteiger partial charge in [-0.1, -0.05) is 36.0 Å². The van der Waals surface area contributed by atoms with E-state index in [1.54, 1.807) is 24.3 Å². The van der Waals surface area contributed by atoms with Crippen LogP contribution in [-0.4, -0.2) is 0 Å². The average molecular weight is 363 g/mol. The van der Waals surface area contributed by atoms with Gasteiger partial charge < -0.3 is 5.32 Å². The fourth-order valence-corrected chi connectivity index (χ4v) is 3.27. The van der Waals surface area contributed by atoms with Gasteiger partial charge in [-0.25, -0.2) is 8.78 Å². The molecule has 0 aliphatic carbocycles. The van der Waals surface area contributed by atoms with Gasteiger partial charge in [0.1, 0.15) is 12.1 Å². The number of benzene rings is 3. The third-order valence-corrected chi connectivity index (χ3v) is 4.57. The van der Waals surface area contributed by atoms with Crippen molar-refractivity contribution in [2.75, 3.05) is 5.32 Å². The molecule has 26 heavy (non-hydrogen) atoms. The highest BCUT2D eigenvalue weighted by atomic mass is 32.2. The Morgan fingerprint density at radius 3 is 2.35 bits per heavy atom. The molecule has 0 saturated carbocycles. The smallest absolute Gasteiger partial charge is 0.172 e. The van der Waals surface area contributed by atoms with Crippen molar-refractivity contribution in [2.24, 2.45) is 0 Å². The summed E-state index contributed by atoms with van der Waals surface area (Å²) in [5.74, 6) is -1.93. The summed E-state index contributed by atoms with van der Waals surface area (Å²) >= 11 is 1.10. The predicted octanol–water partition coefficient (Wildman–Crippen LogP) is 5.60. The van der Waals surface area contributed by atoms with Crippen LogP contribution in [0.25, 0.3) is 0 Å². The lowest BCUT2D eigenvalue weighted by atomic mass is 10.1. The molecule has 3 nitrogen and oxygen atoms in total. The maximum atomic E-state index is 14.2. The number of hydrogen-bond donors (Lipinski definition) is 1. The van der Waals surface area contributed by atoms with E-state index >= 15 is 0 Å². The van der Waals surface area contributed by atoms with Crippen molar-refractivity contribution in [3.63, 3.8) is 0 Å². The molecule has 0 amide bonds. The molecule has 1 N–H and O–H groups in total. The summed E-state index contributed by atoms with van der Waals surface area (Å²) in [5.41, 5.74) is 0.998. The van der Waals surface area contributed by atoms with Crippen molar-refractivity contribution >= 4 is 23.1 Å². The van der Waals surface area contributed by atoms with Crippen LogP contribution in [0, 0.1) is 34.3 Å². The molecule has 0 bridgehead atoms. The number of nitrogens with one attached hydrogen (secondary N) is 1. The fraction of sp³-hybridized carbons (Fsp3) is 0. The molecule has 0 atom stereocenters. The topological polar surface area (TPSA) is 59.6 Å². The number of anilines is 2. The maximum Gasteiger partial charge on any atom is 0.172 e. The van der Waals surface area contributed by atoms with Crippen LogP contribution in [0.5, 0.6) is 0 Å². The molecular formula is C20H11F2N3S. The molecule has 0 fully saturated rings. The first-order valence-corrected chi connectivity index (χ1v) is 8.36. The van der Waals surface area contributed by atoms with E-state index in [1.165, 1.54) is 12.1 Å². The second kappa shape index (κ2) is 7.69. The SMILES string of the molecule is N#Cc1cccc(Nc2cc(F)c(F)c(Sc3ccccc3)c2)c1C#N. The molecule has 3 rings (SSSR count). The average Bonchev–Trinajstić information content (AvgIpc) is 2.66. The van der Waals surface area contributed by atoms with Crippen LogP contribution in [0.4, 0.5) is 20.2 Å². The first-order chi connectivity index (χ1) is 12.6. The van der Waals surface area contributed by atoms with E-state index in [0.29, 0.717) is 5.69 Å². The van der Waals surface area contributed by atoms with Crippen LogP contribution in [0.1, 0.15) is 11.1 Å². The number of nitrogens with zero attached hydrogens (tertiary/aromatic N) is 2. The van der Waals surface area contributed by atoms with E-state index < -0.39 is 11.6 Å². The van der Waals surface area contributed by atoms with Gasteiger partial charge in [0.2, 0.25) is 0 Å². The largest absolute Gasteiger partial charge is 0.354 e. The van der Waals surface area contributed by atoms with Gasteiger partial charge in [0, 0.05) is 16.6 Å². The van der Waals surface area contributed by atoms with Gasteiger partial charge in [-0.05, 0) is 30.3 Å². The van der Waals surface area contributed by atoms with Crippen LogP contribution in [-0.2, 0) is 0 Å². The number of rotatable bonds is 4. The summed E-state index contributed by atoms with van der Waals surface area (Å²) in [4.78, 5) is 0.890. The van der Waals surface area contributed by atoms with Crippen LogP contribution < -0.4 is 5.32 Å². The predicted molar refractivity (Wildman–Crippen MR) is 96.1 cm³/mol. The van der Waals surface area contributed by atoms with Crippen molar-refractivity contribution in [2.45, 2.75) is 9.79 Å². The van der Waals surface area contributed by atoms with E-state index in [1.807, 2.05) is 30.3 Å². The monoisotopic (exact) mass is 363 g/mol.